The van der Waals surface area contributed by atoms with Crippen LogP contribution < -0.4 is 10.9 Å². The fraction of sp³-hybridized carbons (Fsp3) is 0.235. The van der Waals surface area contributed by atoms with Gasteiger partial charge in [0, 0.05) is 22.8 Å². The van der Waals surface area contributed by atoms with Crippen LogP contribution in [-0.4, -0.2) is 28.3 Å². The van der Waals surface area contributed by atoms with Crippen molar-refractivity contribution < 1.29 is 23.1 Å². The normalized spacial score (nSPS) is 11.8. The molecule has 0 fully saturated rings. The van der Waals surface area contributed by atoms with E-state index in [2.05, 4.69) is 5.32 Å². The molecule has 0 spiro atoms. The SMILES string of the molecule is C[C@@H](OC(=O)Cn1ccccc1=O)C(=O)Nc1ccc(SC(F)F)cc1. The lowest BCUT2D eigenvalue weighted by atomic mass is 10.3. The Labute approximate surface area is 152 Å². The number of hydrogen-bond acceptors (Lipinski definition) is 5. The summed E-state index contributed by atoms with van der Waals surface area (Å²) in [6.45, 7) is 1.08. The van der Waals surface area contributed by atoms with Crippen LogP contribution in [0.2, 0.25) is 0 Å². The molecule has 1 atom stereocenters. The van der Waals surface area contributed by atoms with Gasteiger partial charge in [0.1, 0.15) is 6.54 Å². The highest BCUT2D eigenvalue weighted by Crippen LogP contribution is 2.26. The lowest BCUT2D eigenvalue weighted by Gasteiger charge is -2.14. The van der Waals surface area contributed by atoms with Gasteiger partial charge in [0.05, 0.1) is 0 Å². The molecule has 2 aromatic rings. The van der Waals surface area contributed by atoms with Gasteiger partial charge in [-0.1, -0.05) is 17.8 Å². The zero-order valence-corrected chi connectivity index (χ0v) is 14.5. The minimum Gasteiger partial charge on any atom is -0.451 e. The van der Waals surface area contributed by atoms with Crippen molar-refractivity contribution in [2.45, 2.75) is 30.2 Å². The molecule has 2 rings (SSSR count). The molecule has 9 heteroatoms. The number of hydrogen-bond donors (Lipinski definition) is 1. The number of nitrogens with one attached hydrogen (secondary N) is 1. The van der Waals surface area contributed by atoms with Gasteiger partial charge in [-0.15, -0.1) is 0 Å². The van der Waals surface area contributed by atoms with Gasteiger partial charge in [0.15, 0.2) is 6.10 Å². The average molecular weight is 382 g/mol. The van der Waals surface area contributed by atoms with Gasteiger partial charge in [-0.3, -0.25) is 14.4 Å². The fourth-order valence-corrected chi connectivity index (χ4v) is 2.48. The Balaban J connectivity index is 1.88. The molecule has 1 amide bonds. The van der Waals surface area contributed by atoms with Crippen LogP contribution in [0.4, 0.5) is 14.5 Å². The highest BCUT2D eigenvalue weighted by molar-refractivity contribution is 7.99. The fourth-order valence-electron chi connectivity index (χ4n) is 1.98. The number of thioether (sulfide) groups is 1. The van der Waals surface area contributed by atoms with Crippen molar-refractivity contribution in [2.24, 2.45) is 0 Å². The van der Waals surface area contributed by atoms with E-state index in [0.29, 0.717) is 22.3 Å². The van der Waals surface area contributed by atoms with Crippen LogP contribution in [0.25, 0.3) is 0 Å². The first-order valence-electron chi connectivity index (χ1n) is 7.56. The smallest absolute Gasteiger partial charge is 0.326 e. The second kappa shape index (κ2) is 9.14. The molecule has 1 heterocycles. The number of aromatic nitrogens is 1. The summed E-state index contributed by atoms with van der Waals surface area (Å²) >= 11 is 0.400. The third-order valence-corrected chi connectivity index (χ3v) is 3.95. The van der Waals surface area contributed by atoms with E-state index >= 15 is 0 Å². The molecule has 1 aromatic heterocycles. The molecule has 1 aromatic carbocycles. The van der Waals surface area contributed by atoms with Crippen molar-refractivity contribution in [1.29, 1.82) is 0 Å². The summed E-state index contributed by atoms with van der Waals surface area (Å²) in [7, 11) is 0. The van der Waals surface area contributed by atoms with Gasteiger partial charge in [0.2, 0.25) is 0 Å². The topological polar surface area (TPSA) is 77.4 Å². The number of anilines is 1. The number of carbonyl (C=O) groups excluding carboxylic acids is 2. The first-order valence-corrected chi connectivity index (χ1v) is 8.44. The van der Waals surface area contributed by atoms with Gasteiger partial charge in [-0.05, 0) is 37.3 Å². The van der Waals surface area contributed by atoms with Gasteiger partial charge < -0.3 is 14.6 Å². The van der Waals surface area contributed by atoms with E-state index in [1.165, 1.54) is 43.5 Å². The highest BCUT2D eigenvalue weighted by atomic mass is 32.2. The number of alkyl halides is 2. The van der Waals surface area contributed by atoms with E-state index in [1.807, 2.05) is 0 Å². The predicted molar refractivity (Wildman–Crippen MR) is 93.2 cm³/mol. The second-order valence-corrected chi connectivity index (χ2v) is 6.25. The minimum atomic E-state index is -2.52. The average Bonchev–Trinajstić information content (AvgIpc) is 2.58. The third kappa shape index (κ3) is 5.99. The number of pyridine rings is 1. The van der Waals surface area contributed by atoms with Gasteiger partial charge in [-0.25, -0.2) is 0 Å². The maximum absolute atomic E-state index is 12.3. The lowest BCUT2D eigenvalue weighted by Crippen LogP contribution is -2.32. The largest absolute Gasteiger partial charge is 0.451 e. The van der Waals surface area contributed by atoms with Crippen molar-refractivity contribution in [3.8, 4) is 0 Å². The zero-order valence-electron chi connectivity index (χ0n) is 13.7. The van der Waals surface area contributed by atoms with Crippen molar-refractivity contribution >= 4 is 29.3 Å². The molecule has 0 saturated carbocycles. The van der Waals surface area contributed by atoms with Crippen LogP contribution in [0.1, 0.15) is 6.92 Å². The van der Waals surface area contributed by atoms with E-state index < -0.39 is 23.7 Å². The number of ether oxygens (including phenoxy) is 1. The van der Waals surface area contributed by atoms with Crippen molar-refractivity contribution in [1.82, 2.24) is 4.57 Å². The third-order valence-electron chi connectivity index (χ3n) is 3.22. The Hall–Kier alpha value is -2.68. The molecule has 138 valence electrons. The van der Waals surface area contributed by atoms with Crippen LogP contribution in [0.5, 0.6) is 0 Å². The Kier molecular flexibility index (Phi) is 6.90. The van der Waals surface area contributed by atoms with Crippen LogP contribution in [0.15, 0.2) is 58.4 Å². The first kappa shape index (κ1) is 19.6. The van der Waals surface area contributed by atoms with Gasteiger partial charge in [-0.2, -0.15) is 8.78 Å². The zero-order chi connectivity index (χ0) is 19.1. The number of benzene rings is 1. The van der Waals surface area contributed by atoms with Crippen molar-refractivity contribution in [3.63, 3.8) is 0 Å². The second-order valence-electron chi connectivity index (χ2n) is 5.19. The number of esters is 1. The molecule has 0 aliphatic heterocycles. The van der Waals surface area contributed by atoms with Crippen LogP contribution >= 0.6 is 11.8 Å². The molecule has 0 unspecified atom stereocenters. The quantitative estimate of drug-likeness (QED) is 0.589. The summed E-state index contributed by atoms with van der Waals surface area (Å²) in [5.41, 5.74) is 0.0269. The molecule has 0 aliphatic rings. The van der Waals surface area contributed by atoms with E-state index in [9.17, 15) is 23.2 Å². The molecule has 0 radical (unpaired) electrons. The van der Waals surface area contributed by atoms with E-state index in [0.717, 1.165) is 4.57 Å². The summed E-state index contributed by atoms with van der Waals surface area (Å²) in [4.78, 5) is 35.8. The summed E-state index contributed by atoms with van der Waals surface area (Å²) < 4.78 is 30.7. The number of amides is 1. The van der Waals surface area contributed by atoms with Gasteiger partial charge in [0.25, 0.3) is 17.2 Å². The summed E-state index contributed by atoms with van der Waals surface area (Å²) in [6, 6.07) is 10.3. The summed E-state index contributed by atoms with van der Waals surface area (Å²) in [5.74, 6) is -3.83. The Morgan fingerprint density at radius 1 is 1.19 bits per heavy atom. The van der Waals surface area contributed by atoms with Crippen LogP contribution in [0, 0.1) is 0 Å². The molecule has 6 nitrogen and oxygen atoms in total. The maximum Gasteiger partial charge on any atom is 0.326 e. The van der Waals surface area contributed by atoms with E-state index in [-0.39, 0.29) is 12.1 Å². The monoisotopic (exact) mass is 382 g/mol. The van der Waals surface area contributed by atoms with Crippen molar-refractivity contribution in [2.75, 3.05) is 5.32 Å². The highest BCUT2D eigenvalue weighted by Gasteiger charge is 2.18. The molecule has 1 N–H and O–H groups in total. The van der Waals surface area contributed by atoms with Crippen LogP contribution in [0.3, 0.4) is 0 Å². The van der Waals surface area contributed by atoms with Crippen LogP contribution in [-0.2, 0) is 20.9 Å². The summed E-state index contributed by atoms with van der Waals surface area (Å²) in [6.07, 6.45) is 0.352. The molecular formula is C17H16F2N2O4S. The summed E-state index contributed by atoms with van der Waals surface area (Å²) in [5, 5.41) is 2.52. The number of nitrogens with zero attached hydrogens (tertiary/aromatic N) is 1. The molecule has 0 bridgehead atoms. The van der Waals surface area contributed by atoms with Gasteiger partial charge >= 0.3 is 5.97 Å². The molecule has 0 saturated heterocycles. The first-order chi connectivity index (χ1) is 12.3. The Morgan fingerprint density at radius 2 is 1.88 bits per heavy atom. The van der Waals surface area contributed by atoms with E-state index in [4.69, 9.17) is 4.74 Å². The predicted octanol–water partition coefficient (Wildman–Crippen LogP) is 2.73. The number of rotatable bonds is 7. The Morgan fingerprint density at radius 3 is 2.50 bits per heavy atom. The maximum atomic E-state index is 12.3. The van der Waals surface area contributed by atoms with E-state index in [1.54, 1.807) is 12.1 Å². The minimum absolute atomic E-state index is 0.309. The Bertz CT molecular complexity index is 824. The van der Waals surface area contributed by atoms with Crippen molar-refractivity contribution in [3.05, 3.63) is 59.0 Å². The number of halogens is 2. The number of carbonyl (C=O) groups is 2. The molecule has 26 heavy (non-hydrogen) atoms. The lowest BCUT2D eigenvalue weighted by molar-refractivity contribution is -0.153. The molecule has 0 aliphatic carbocycles. The molecular weight excluding hydrogens is 366 g/mol. The standard InChI is InChI=1S/C17H16F2N2O4S/c1-11(25-15(23)10-21-9-3-2-4-14(21)22)16(24)20-12-5-7-13(8-6-12)26-17(18)19/h2-9,11,17H,10H2,1H3,(H,20,24)/t11-/m1/s1.